The first-order chi connectivity index (χ1) is 11.5. The second-order valence-electron chi connectivity index (χ2n) is 4.97. The molecule has 1 N–H and O–H groups in total. The maximum absolute atomic E-state index is 13.4. The van der Waals surface area contributed by atoms with Crippen molar-refractivity contribution in [3.8, 4) is 0 Å². The lowest BCUT2D eigenvalue weighted by atomic mass is 10.1. The first kappa shape index (κ1) is 15.5. The van der Waals surface area contributed by atoms with Gasteiger partial charge in [0.15, 0.2) is 17.3 Å². The minimum absolute atomic E-state index is 0.0797. The second kappa shape index (κ2) is 5.99. The van der Waals surface area contributed by atoms with Gasteiger partial charge in [-0.2, -0.15) is 0 Å². The molecule has 0 saturated heterocycles. The van der Waals surface area contributed by atoms with E-state index in [2.05, 4.69) is 15.2 Å². The van der Waals surface area contributed by atoms with Crippen molar-refractivity contribution in [1.82, 2.24) is 9.38 Å². The monoisotopic (exact) mass is 326 g/mol. The average Bonchev–Trinajstić information content (AvgIpc) is 2.91. The third-order valence-electron chi connectivity index (χ3n) is 3.29. The van der Waals surface area contributed by atoms with E-state index in [1.54, 1.807) is 24.3 Å². The molecule has 8 heteroatoms. The Morgan fingerprint density at radius 3 is 2.46 bits per heavy atom. The van der Waals surface area contributed by atoms with Crippen LogP contribution in [-0.2, 0) is 0 Å². The maximum Gasteiger partial charge on any atom is 0.358 e. The van der Waals surface area contributed by atoms with Gasteiger partial charge in [0.2, 0.25) is 0 Å². The molecule has 0 radical (unpaired) electrons. The summed E-state index contributed by atoms with van der Waals surface area (Å²) in [4.78, 5) is 26.4. The van der Waals surface area contributed by atoms with Crippen molar-refractivity contribution in [2.45, 2.75) is 6.92 Å². The molecule has 24 heavy (non-hydrogen) atoms. The zero-order valence-electron chi connectivity index (χ0n) is 12.5. The Morgan fingerprint density at radius 2 is 1.83 bits per heavy atom. The van der Waals surface area contributed by atoms with Crippen LogP contribution in [0.1, 0.15) is 27.8 Å². The number of carboxylic acid groups (broad SMARTS) is 1. The van der Waals surface area contributed by atoms with Crippen LogP contribution in [0.25, 0.3) is 5.65 Å². The maximum atomic E-state index is 13.4. The Kier molecular flexibility index (Phi) is 3.87. The number of carbonyl (C=O) groups excluding carboxylic acids is 1. The number of halogens is 1. The van der Waals surface area contributed by atoms with E-state index < -0.39 is 11.8 Å². The van der Waals surface area contributed by atoms with E-state index in [0.717, 1.165) is 6.20 Å². The number of azo groups is 1. The first-order valence-corrected chi connectivity index (χ1v) is 6.89. The Hall–Kier alpha value is -3.42. The van der Waals surface area contributed by atoms with Crippen LogP contribution in [0.3, 0.4) is 0 Å². The lowest BCUT2D eigenvalue weighted by molar-refractivity contribution is 0.0692. The van der Waals surface area contributed by atoms with Gasteiger partial charge in [-0.05, 0) is 43.3 Å². The molecule has 7 nitrogen and oxygen atoms in total. The van der Waals surface area contributed by atoms with Gasteiger partial charge < -0.3 is 5.11 Å². The topological polar surface area (TPSA) is 96.4 Å². The number of aromatic nitrogens is 2. The quantitative estimate of drug-likeness (QED) is 0.582. The molecule has 120 valence electrons. The fraction of sp³-hybridized carbons (Fsp3) is 0.0625. The molecule has 0 amide bonds. The van der Waals surface area contributed by atoms with E-state index in [-0.39, 0.29) is 22.9 Å². The number of hydrogen-bond acceptors (Lipinski definition) is 5. The number of Topliss-reactive ketones (excluding diaryl/α,β-unsaturated/α-hetero) is 1. The predicted molar refractivity (Wildman–Crippen MR) is 82.7 cm³/mol. The van der Waals surface area contributed by atoms with Crippen molar-refractivity contribution >= 4 is 28.9 Å². The van der Waals surface area contributed by atoms with Crippen molar-refractivity contribution in [2.24, 2.45) is 10.2 Å². The van der Waals surface area contributed by atoms with Gasteiger partial charge in [0, 0.05) is 11.8 Å². The number of ketones is 1. The number of aromatic carboxylic acids is 1. The smallest absolute Gasteiger partial charge is 0.358 e. The number of carboxylic acids is 1. The third-order valence-corrected chi connectivity index (χ3v) is 3.29. The summed E-state index contributed by atoms with van der Waals surface area (Å²) in [6.45, 7) is 1.45. The van der Waals surface area contributed by atoms with Crippen LogP contribution in [0.2, 0.25) is 0 Å². The highest BCUT2D eigenvalue weighted by Crippen LogP contribution is 2.25. The average molecular weight is 326 g/mol. The fourth-order valence-electron chi connectivity index (χ4n) is 2.11. The summed E-state index contributed by atoms with van der Waals surface area (Å²) >= 11 is 0. The Bertz CT molecular complexity index is 977. The zero-order valence-corrected chi connectivity index (χ0v) is 12.5. The van der Waals surface area contributed by atoms with Gasteiger partial charge >= 0.3 is 5.97 Å². The molecule has 0 atom stereocenters. The summed E-state index contributed by atoms with van der Waals surface area (Å²) in [7, 11) is 0. The summed E-state index contributed by atoms with van der Waals surface area (Å²) in [5, 5.41) is 17.1. The number of imidazole rings is 1. The first-order valence-electron chi connectivity index (χ1n) is 6.89. The summed E-state index contributed by atoms with van der Waals surface area (Å²) in [5.41, 5.74) is 0.860. The minimum atomic E-state index is -1.29. The SMILES string of the molecule is CC(=O)c1ccc(N=Nc2c(C(=O)O)nc3ccc(F)cn23)cc1. The summed E-state index contributed by atoms with van der Waals surface area (Å²) < 4.78 is 14.6. The van der Waals surface area contributed by atoms with Crippen LogP contribution in [0, 0.1) is 5.82 Å². The van der Waals surface area contributed by atoms with Crippen molar-refractivity contribution in [2.75, 3.05) is 0 Å². The number of nitrogens with zero attached hydrogens (tertiary/aromatic N) is 4. The number of carbonyl (C=O) groups is 2. The minimum Gasteiger partial charge on any atom is -0.476 e. The molecule has 0 spiro atoms. The van der Waals surface area contributed by atoms with Crippen LogP contribution in [0.4, 0.5) is 15.9 Å². The zero-order chi connectivity index (χ0) is 17.3. The largest absolute Gasteiger partial charge is 0.476 e. The lowest BCUT2D eigenvalue weighted by Crippen LogP contribution is -1.96. The second-order valence-corrected chi connectivity index (χ2v) is 4.97. The Balaban J connectivity index is 2.04. The molecule has 0 aliphatic carbocycles. The van der Waals surface area contributed by atoms with Crippen LogP contribution in [-0.4, -0.2) is 26.2 Å². The number of pyridine rings is 1. The molecule has 2 heterocycles. The van der Waals surface area contributed by atoms with Gasteiger partial charge in [-0.15, -0.1) is 10.2 Å². The third kappa shape index (κ3) is 2.89. The highest BCUT2D eigenvalue weighted by molar-refractivity contribution is 5.94. The van der Waals surface area contributed by atoms with Crippen LogP contribution < -0.4 is 0 Å². The fourth-order valence-corrected chi connectivity index (χ4v) is 2.11. The van der Waals surface area contributed by atoms with E-state index in [0.29, 0.717) is 11.3 Å². The van der Waals surface area contributed by atoms with Crippen LogP contribution in [0.5, 0.6) is 0 Å². The number of fused-ring (bicyclic) bond motifs is 1. The van der Waals surface area contributed by atoms with E-state index in [1.165, 1.54) is 23.5 Å². The van der Waals surface area contributed by atoms with Gasteiger partial charge in [0.1, 0.15) is 11.5 Å². The standard InChI is InChI=1S/C16H11FN4O3/c1-9(22)10-2-5-12(6-3-10)19-20-15-14(16(23)24)18-13-7-4-11(17)8-21(13)15/h2-8H,1H3,(H,23,24). The lowest BCUT2D eigenvalue weighted by Gasteiger charge is -1.98. The van der Waals surface area contributed by atoms with Crippen LogP contribution >= 0.6 is 0 Å². The highest BCUT2D eigenvalue weighted by atomic mass is 19.1. The van der Waals surface area contributed by atoms with E-state index in [9.17, 15) is 19.1 Å². The van der Waals surface area contributed by atoms with Crippen LogP contribution in [0.15, 0.2) is 52.8 Å². The molecular weight excluding hydrogens is 315 g/mol. The normalized spacial score (nSPS) is 11.2. The molecule has 3 rings (SSSR count). The molecule has 0 fully saturated rings. The van der Waals surface area contributed by atoms with Gasteiger partial charge in [0.05, 0.1) is 5.69 Å². The molecule has 0 saturated carbocycles. The molecule has 3 aromatic rings. The molecule has 0 unspecified atom stereocenters. The van der Waals surface area contributed by atoms with E-state index >= 15 is 0 Å². The number of benzene rings is 1. The Morgan fingerprint density at radius 1 is 1.12 bits per heavy atom. The van der Waals surface area contributed by atoms with Gasteiger partial charge in [-0.1, -0.05) is 0 Å². The number of rotatable bonds is 4. The molecule has 2 aromatic heterocycles. The highest BCUT2D eigenvalue weighted by Gasteiger charge is 2.18. The molecule has 1 aromatic carbocycles. The summed E-state index contributed by atoms with van der Waals surface area (Å²) in [5.74, 6) is -2.02. The number of hydrogen-bond donors (Lipinski definition) is 1. The summed E-state index contributed by atoms with van der Waals surface area (Å²) in [6.07, 6.45) is 1.09. The molecule has 0 aliphatic heterocycles. The van der Waals surface area contributed by atoms with Crippen molar-refractivity contribution in [1.29, 1.82) is 0 Å². The molecule has 0 bridgehead atoms. The van der Waals surface area contributed by atoms with E-state index in [1.807, 2.05) is 0 Å². The van der Waals surface area contributed by atoms with Crippen molar-refractivity contribution in [3.63, 3.8) is 0 Å². The predicted octanol–water partition coefficient (Wildman–Crippen LogP) is 3.79. The summed E-state index contributed by atoms with van der Waals surface area (Å²) in [6, 6.07) is 8.85. The van der Waals surface area contributed by atoms with Crippen molar-refractivity contribution in [3.05, 3.63) is 59.7 Å². The molecule has 0 aliphatic rings. The van der Waals surface area contributed by atoms with Gasteiger partial charge in [-0.3, -0.25) is 9.20 Å². The van der Waals surface area contributed by atoms with Crippen molar-refractivity contribution < 1.29 is 19.1 Å². The van der Waals surface area contributed by atoms with Gasteiger partial charge in [0.25, 0.3) is 0 Å². The molecular formula is C16H11FN4O3. The van der Waals surface area contributed by atoms with E-state index in [4.69, 9.17) is 0 Å². The Labute approximate surface area is 135 Å². The van der Waals surface area contributed by atoms with Gasteiger partial charge in [-0.25, -0.2) is 14.2 Å².